The van der Waals surface area contributed by atoms with Crippen LogP contribution in [0.1, 0.15) is 18.0 Å². The summed E-state index contributed by atoms with van der Waals surface area (Å²) in [4.78, 5) is 5.62. The summed E-state index contributed by atoms with van der Waals surface area (Å²) in [6.07, 6.45) is 2.51. The lowest BCUT2D eigenvalue weighted by molar-refractivity contribution is 0.176. The second-order valence-electron chi connectivity index (χ2n) is 4.99. The molecule has 2 aromatic rings. The van der Waals surface area contributed by atoms with Crippen molar-refractivity contribution in [2.45, 2.75) is 12.5 Å². The van der Waals surface area contributed by atoms with Gasteiger partial charge in [-0.25, -0.2) is 0 Å². The molecule has 6 heteroatoms. The molecule has 0 bridgehead atoms. The Morgan fingerprint density at radius 1 is 1.19 bits per heavy atom. The predicted molar refractivity (Wildman–Crippen MR) is 90.2 cm³/mol. The summed E-state index contributed by atoms with van der Waals surface area (Å²) in [6.45, 7) is 4.04. The molecule has 2 heterocycles. The molecule has 2 N–H and O–H groups in total. The first kappa shape index (κ1) is 17.8. The molecule has 1 saturated heterocycles. The highest BCUT2D eigenvalue weighted by atomic mass is 35.5. The number of nitrogens with zero attached hydrogens (tertiary/aromatic N) is 2. The van der Waals surface area contributed by atoms with Gasteiger partial charge in [0.1, 0.15) is 0 Å². The van der Waals surface area contributed by atoms with Crippen molar-refractivity contribution in [3.63, 3.8) is 0 Å². The third-order valence-electron chi connectivity index (χ3n) is 3.84. The van der Waals surface area contributed by atoms with Crippen molar-refractivity contribution < 1.29 is 0 Å². The van der Waals surface area contributed by atoms with Crippen LogP contribution in [0.3, 0.4) is 0 Å². The number of hydrogen-bond acceptors (Lipinski definition) is 3. The van der Waals surface area contributed by atoms with Crippen LogP contribution >= 0.6 is 24.8 Å². The van der Waals surface area contributed by atoms with Gasteiger partial charge in [-0.1, -0.05) is 6.07 Å². The lowest BCUT2D eigenvalue weighted by Gasteiger charge is -2.34. The summed E-state index contributed by atoms with van der Waals surface area (Å²) in [5, 5.41) is 13.7. The Kier molecular flexibility index (Phi) is 7.00. The summed E-state index contributed by atoms with van der Waals surface area (Å²) < 4.78 is 0. The third kappa shape index (κ3) is 3.90. The quantitative estimate of drug-likeness (QED) is 0.911. The van der Waals surface area contributed by atoms with Crippen LogP contribution in [0.2, 0.25) is 0 Å². The van der Waals surface area contributed by atoms with E-state index >= 15 is 0 Å². The zero-order chi connectivity index (χ0) is 13.1. The highest BCUT2D eigenvalue weighted by molar-refractivity contribution is 5.85. The highest BCUT2D eigenvalue weighted by Gasteiger charge is 2.22. The van der Waals surface area contributed by atoms with E-state index in [2.05, 4.69) is 45.5 Å². The number of aromatic nitrogens is 1. The molecule has 1 aliphatic heterocycles. The number of fused-ring (bicyclic) bond motifs is 1. The van der Waals surface area contributed by atoms with Gasteiger partial charge in [-0.05, 0) is 29.1 Å². The van der Waals surface area contributed by atoms with Crippen molar-refractivity contribution in [1.29, 1.82) is 5.26 Å². The molecule has 3 rings (SSSR count). The first-order valence-electron chi connectivity index (χ1n) is 6.77. The zero-order valence-corrected chi connectivity index (χ0v) is 13.3. The van der Waals surface area contributed by atoms with E-state index in [1.807, 2.05) is 6.20 Å². The molecule has 1 aromatic heterocycles. The number of hydrogen-bond donors (Lipinski definition) is 2. The Morgan fingerprint density at radius 2 is 1.95 bits per heavy atom. The SMILES string of the molecule is Cl.Cl.N#CC[C@H](c1ccc2[nH]ccc2c1)N1CCNCC1. The van der Waals surface area contributed by atoms with Crippen molar-refractivity contribution in [2.24, 2.45) is 0 Å². The number of rotatable bonds is 3. The molecule has 0 radical (unpaired) electrons. The van der Waals surface area contributed by atoms with Crippen molar-refractivity contribution in [2.75, 3.05) is 26.2 Å². The van der Waals surface area contributed by atoms with Gasteiger partial charge in [-0.2, -0.15) is 5.26 Å². The van der Waals surface area contributed by atoms with Gasteiger partial charge in [-0.3, -0.25) is 4.90 Å². The van der Waals surface area contributed by atoms with Crippen LogP contribution in [0, 0.1) is 11.3 Å². The van der Waals surface area contributed by atoms with Crippen LogP contribution < -0.4 is 5.32 Å². The molecule has 1 aromatic carbocycles. The molecule has 21 heavy (non-hydrogen) atoms. The average molecular weight is 327 g/mol. The normalized spacial score (nSPS) is 16.5. The molecular weight excluding hydrogens is 307 g/mol. The van der Waals surface area contributed by atoms with Gasteiger partial charge in [0.25, 0.3) is 0 Å². The fourth-order valence-corrected chi connectivity index (χ4v) is 2.82. The van der Waals surface area contributed by atoms with Crippen LogP contribution in [0.4, 0.5) is 0 Å². The molecule has 0 amide bonds. The maximum absolute atomic E-state index is 9.10. The molecule has 0 spiro atoms. The molecule has 0 unspecified atom stereocenters. The summed E-state index contributed by atoms with van der Waals surface area (Å²) in [7, 11) is 0. The van der Waals surface area contributed by atoms with Crippen molar-refractivity contribution in [3.05, 3.63) is 36.0 Å². The lowest BCUT2D eigenvalue weighted by Crippen LogP contribution is -2.45. The van der Waals surface area contributed by atoms with Crippen LogP contribution in [0.15, 0.2) is 30.5 Å². The summed E-state index contributed by atoms with van der Waals surface area (Å²) in [6, 6.07) is 11.1. The molecule has 1 aliphatic rings. The van der Waals surface area contributed by atoms with Crippen LogP contribution in [-0.2, 0) is 0 Å². The predicted octanol–water partition coefficient (Wildman–Crippen LogP) is 2.87. The molecule has 1 atom stereocenters. The van der Waals surface area contributed by atoms with Crippen molar-refractivity contribution >= 4 is 35.7 Å². The Balaban J connectivity index is 0.00000110. The van der Waals surface area contributed by atoms with Crippen LogP contribution in [-0.4, -0.2) is 36.1 Å². The molecular formula is C15H20Cl2N4. The van der Waals surface area contributed by atoms with Gasteiger partial charge in [0.2, 0.25) is 0 Å². The van der Waals surface area contributed by atoms with Gasteiger partial charge in [0.05, 0.1) is 12.5 Å². The fraction of sp³-hybridized carbons (Fsp3) is 0.400. The van der Waals surface area contributed by atoms with E-state index in [9.17, 15) is 0 Å². The maximum atomic E-state index is 9.10. The molecule has 114 valence electrons. The number of piperazine rings is 1. The van der Waals surface area contributed by atoms with Gasteiger partial charge in [-0.15, -0.1) is 24.8 Å². The van der Waals surface area contributed by atoms with E-state index in [1.165, 1.54) is 10.9 Å². The van der Waals surface area contributed by atoms with E-state index in [0.29, 0.717) is 6.42 Å². The summed E-state index contributed by atoms with van der Waals surface area (Å²) in [5.41, 5.74) is 2.40. The Labute approximate surface area is 137 Å². The smallest absolute Gasteiger partial charge is 0.0641 e. The number of H-pyrrole nitrogens is 1. The Bertz CT molecular complexity index is 599. The zero-order valence-electron chi connectivity index (χ0n) is 11.7. The number of benzene rings is 1. The summed E-state index contributed by atoms with van der Waals surface area (Å²) >= 11 is 0. The van der Waals surface area contributed by atoms with Gasteiger partial charge >= 0.3 is 0 Å². The van der Waals surface area contributed by atoms with Crippen LogP contribution in [0.25, 0.3) is 10.9 Å². The van der Waals surface area contributed by atoms with E-state index in [-0.39, 0.29) is 30.9 Å². The van der Waals surface area contributed by atoms with Gasteiger partial charge in [0.15, 0.2) is 0 Å². The number of aromatic amines is 1. The standard InChI is InChI=1S/C15H18N4.2ClH/c16-5-3-15(19-9-7-17-8-10-19)13-1-2-14-12(11-13)4-6-18-14;;/h1-2,4,6,11,15,17-18H,3,7-10H2;2*1H/t15-;;/m1../s1. The van der Waals surface area contributed by atoms with Gasteiger partial charge < -0.3 is 10.3 Å². The van der Waals surface area contributed by atoms with E-state index in [0.717, 1.165) is 31.7 Å². The number of halogens is 2. The van der Waals surface area contributed by atoms with Crippen molar-refractivity contribution in [3.8, 4) is 6.07 Å². The highest BCUT2D eigenvalue weighted by Crippen LogP contribution is 2.27. The monoisotopic (exact) mass is 326 g/mol. The first-order valence-corrected chi connectivity index (χ1v) is 6.77. The van der Waals surface area contributed by atoms with E-state index in [1.54, 1.807) is 0 Å². The average Bonchev–Trinajstić information content (AvgIpc) is 2.93. The largest absolute Gasteiger partial charge is 0.361 e. The first-order chi connectivity index (χ1) is 9.38. The molecule has 1 fully saturated rings. The number of nitrogens with one attached hydrogen (secondary N) is 2. The maximum Gasteiger partial charge on any atom is 0.0641 e. The second-order valence-corrected chi connectivity index (χ2v) is 4.99. The molecule has 4 nitrogen and oxygen atoms in total. The molecule has 0 aliphatic carbocycles. The second kappa shape index (κ2) is 8.26. The fourth-order valence-electron chi connectivity index (χ4n) is 2.82. The Morgan fingerprint density at radius 3 is 2.67 bits per heavy atom. The lowest BCUT2D eigenvalue weighted by atomic mass is 10.0. The minimum Gasteiger partial charge on any atom is -0.361 e. The molecule has 0 saturated carbocycles. The van der Waals surface area contributed by atoms with E-state index < -0.39 is 0 Å². The van der Waals surface area contributed by atoms with Crippen LogP contribution in [0.5, 0.6) is 0 Å². The minimum absolute atomic E-state index is 0. The minimum atomic E-state index is 0. The third-order valence-corrected chi connectivity index (χ3v) is 3.84. The topological polar surface area (TPSA) is 54.9 Å². The van der Waals surface area contributed by atoms with Gasteiger partial charge in [0, 0.05) is 43.9 Å². The Hall–Kier alpha value is -1.25. The number of nitriles is 1. The van der Waals surface area contributed by atoms with E-state index in [4.69, 9.17) is 5.26 Å². The summed E-state index contributed by atoms with van der Waals surface area (Å²) in [5.74, 6) is 0. The van der Waals surface area contributed by atoms with Crippen molar-refractivity contribution in [1.82, 2.24) is 15.2 Å².